The van der Waals surface area contributed by atoms with Crippen molar-refractivity contribution < 1.29 is 27.2 Å². The number of aliphatic hydroxyl groups is 1. The van der Waals surface area contributed by atoms with Crippen molar-refractivity contribution in [3.8, 4) is 22.9 Å². The Balaban J connectivity index is 1.38. The van der Waals surface area contributed by atoms with Crippen molar-refractivity contribution in [3.05, 3.63) is 24.5 Å². The number of hydrogen-bond acceptors (Lipinski definition) is 10. The van der Waals surface area contributed by atoms with Gasteiger partial charge < -0.3 is 24.9 Å². The van der Waals surface area contributed by atoms with Crippen LogP contribution in [0.4, 0.5) is 5.82 Å². The molecule has 1 aliphatic carbocycles. The Kier molecular flexibility index (Phi) is 5.33. The first kappa shape index (κ1) is 20.9. The van der Waals surface area contributed by atoms with E-state index in [0.717, 1.165) is 5.56 Å². The molecule has 5 rings (SSSR count). The number of benzene rings is 1. The van der Waals surface area contributed by atoms with Crippen molar-refractivity contribution in [2.75, 3.05) is 25.1 Å². The maximum absolute atomic E-state index is 11.0. The zero-order chi connectivity index (χ0) is 22.3. The van der Waals surface area contributed by atoms with Crippen molar-refractivity contribution in [1.82, 2.24) is 19.9 Å². The van der Waals surface area contributed by atoms with Crippen LogP contribution in [-0.4, -0.2) is 65.4 Å². The molecule has 0 bridgehead atoms. The molecule has 3 atom stereocenters. The lowest BCUT2D eigenvalue weighted by atomic mass is 10.1. The van der Waals surface area contributed by atoms with Crippen LogP contribution in [0.1, 0.15) is 12.8 Å². The third-order valence-corrected chi connectivity index (χ3v) is 6.02. The number of rotatable bonds is 6. The molecule has 0 radical (unpaired) electrons. The van der Waals surface area contributed by atoms with Gasteiger partial charge in [0.15, 0.2) is 23.0 Å². The Labute approximate surface area is 183 Å². The molecule has 0 spiro atoms. The van der Waals surface area contributed by atoms with Gasteiger partial charge in [-0.05, 0) is 25.0 Å². The van der Waals surface area contributed by atoms with E-state index in [2.05, 4.69) is 29.4 Å². The molecular formula is C19H22N6O6S. The summed E-state index contributed by atoms with van der Waals surface area (Å²) < 4.78 is 38.2. The first-order valence-corrected chi connectivity index (χ1v) is 11.6. The van der Waals surface area contributed by atoms with E-state index < -0.39 is 16.4 Å². The second-order valence-electron chi connectivity index (χ2n) is 7.75. The second-order valence-corrected chi connectivity index (χ2v) is 8.97. The van der Waals surface area contributed by atoms with Gasteiger partial charge in [0.05, 0.1) is 18.3 Å². The lowest BCUT2D eigenvalue weighted by Crippen LogP contribution is -2.24. The minimum atomic E-state index is -4.06. The Hall–Kier alpha value is -3.00. The summed E-state index contributed by atoms with van der Waals surface area (Å²) >= 11 is 0. The molecule has 3 heterocycles. The number of aromatic nitrogens is 4. The van der Waals surface area contributed by atoms with Crippen LogP contribution >= 0.6 is 0 Å². The van der Waals surface area contributed by atoms with Crippen LogP contribution in [0.15, 0.2) is 24.5 Å². The quantitative estimate of drug-likeness (QED) is 0.405. The van der Waals surface area contributed by atoms with Gasteiger partial charge >= 0.3 is 10.3 Å². The maximum Gasteiger partial charge on any atom is 0.333 e. The molecule has 3 aromatic rings. The van der Waals surface area contributed by atoms with Crippen LogP contribution in [0, 0.1) is 5.92 Å². The van der Waals surface area contributed by atoms with Gasteiger partial charge in [-0.25, -0.2) is 20.1 Å². The fourth-order valence-corrected chi connectivity index (χ4v) is 4.47. The second kappa shape index (κ2) is 8.16. The summed E-state index contributed by atoms with van der Waals surface area (Å²) in [6, 6.07) is 5.44. The number of para-hydroxylation sites is 1. The number of anilines is 1. The van der Waals surface area contributed by atoms with E-state index in [1.54, 1.807) is 0 Å². The van der Waals surface area contributed by atoms with Crippen molar-refractivity contribution in [2.24, 2.45) is 11.1 Å². The smallest absolute Gasteiger partial charge is 0.333 e. The Bertz CT molecular complexity index is 1250. The zero-order valence-corrected chi connectivity index (χ0v) is 17.7. The van der Waals surface area contributed by atoms with Crippen LogP contribution in [-0.2, 0) is 14.5 Å². The highest BCUT2D eigenvalue weighted by Gasteiger charge is 2.34. The molecule has 1 aromatic carbocycles. The number of nitrogens with two attached hydrogens (primary N) is 1. The summed E-state index contributed by atoms with van der Waals surface area (Å²) in [7, 11) is -4.06. The third kappa shape index (κ3) is 4.19. The Morgan fingerprint density at radius 1 is 1.25 bits per heavy atom. The lowest BCUT2D eigenvalue weighted by molar-refractivity contribution is 0.101. The molecule has 2 aromatic heterocycles. The molecule has 2 aliphatic rings. The highest BCUT2D eigenvalue weighted by molar-refractivity contribution is 7.84. The summed E-state index contributed by atoms with van der Waals surface area (Å²) in [5, 5.41) is 18.5. The number of H-pyrrole nitrogens is 1. The average molecular weight is 462 g/mol. The van der Waals surface area contributed by atoms with Crippen molar-refractivity contribution in [3.63, 3.8) is 0 Å². The van der Waals surface area contributed by atoms with Crippen LogP contribution in [0.2, 0.25) is 0 Å². The predicted octanol–water partition coefficient (Wildman–Crippen LogP) is 0.563. The van der Waals surface area contributed by atoms with Gasteiger partial charge in [-0.1, -0.05) is 6.07 Å². The number of aliphatic hydroxyl groups excluding tert-OH is 1. The molecule has 0 amide bonds. The van der Waals surface area contributed by atoms with E-state index in [4.69, 9.17) is 14.6 Å². The lowest BCUT2D eigenvalue weighted by Gasteiger charge is -2.20. The molecular weight excluding hydrogens is 440 g/mol. The highest BCUT2D eigenvalue weighted by atomic mass is 32.2. The predicted molar refractivity (Wildman–Crippen MR) is 113 cm³/mol. The van der Waals surface area contributed by atoms with Crippen molar-refractivity contribution in [1.29, 1.82) is 0 Å². The normalized spacial score (nSPS) is 22.9. The summed E-state index contributed by atoms with van der Waals surface area (Å²) in [6.07, 6.45) is 1.57. The SMILES string of the molecule is NS(=O)(=O)OC[C@@H]1C[C@@H](Nc2ncnc3nc(-c4cccc5c4OCCO5)[nH]c23)C[C@@H]1O. The van der Waals surface area contributed by atoms with E-state index in [1.807, 2.05) is 18.2 Å². The topological polar surface area (TPSA) is 175 Å². The van der Waals surface area contributed by atoms with Gasteiger partial charge in [0.25, 0.3) is 0 Å². The van der Waals surface area contributed by atoms with Crippen molar-refractivity contribution >= 4 is 27.3 Å². The number of imidazole rings is 1. The van der Waals surface area contributed by atoms with E-state index in [0.29, 0.717) is 60.4 Å². The molecule has 0 unspecified atom stereocenters. The zero-order valence-electron chi connectivity index (χ0n) is 16.9. The Morgan fingerprint density at radius 2 is 2.09 bits per heavy atom. The highest BCUT2D eigenvalue weighted by Crippen LogP contribution is 2.39. The summed E-state index contributed by atoms with van der Waals surface area (Å²) in [5.41, 5.74) is 1.83. The third-order valence-electron chi connectivity index (χ3n) is 5.55. The van der Waals surface area contributed by atoms with Crippen LogP contribution in [0.5, 0.6) is 11.5 Å². The van der Waals surface area contributed by atoms with Gasteiger partial charge in [0.1, 0.15) is 30.9 Å². The molecule has 13 heteroatoms. The molecule has 1 fully saturated rings. The Morgan fingerprint density at radius 3 is 2.94 bits per heavy atom. The fraction of sp³-hybridized carbons (Fsp3) is 0.421. The monoisotopic (exact) mass is 462 g/mol. The number of ether oxygens (including phenoxy) is 2. The van der Waals surface area contributed by atoms with E-state index in [-0.39, 0.29) is 18.6 Å². The molecule has 1 saturated carbocycles. The number of nitrogens with zero attached hydrogens (tertiary/aromatic N) is 3. The van der Waals surface area contributed by atoms with Crippen LogP contribution in [0.3, 0.4) is 0 Å². The first-order valence-electron chi connectivity index (χ1n) is 10.1. The molecule has 5 N–H and O–H groups in total. The average Bonchev–Trinajstić information content (AvgIpc) is 3.35. The van der Waals surface area contributed by atoms with Gasteiger partial charge in [0.2, 0.25) is 0 Å². The molecule has 1 aliphatic heterocycles. The molecule has 32 heavy (non-hydrogen) atoms. The minimum absolute atomic E-state index is 0.148. The summed E-state index contributed by atoms with van der Waals surface area (Å²) in [6.45, 7) is 0.774. The van der Waals surface area contributed by atoms with Gasteiger partial charge in [-0.15, -0.1) is 0 Å². The maximum atomic E-state index is 11.0. The van der Waals surface area contributed by atoms with Crippen LogP contribution < -0.4 is 19.9 Å². The van der Waals surface area contributed by atoms with Crippen molar-refractivity contribution in [2.45, 2.75) is 25.0 Å². The minimum Gasteiger partial charge on any atom is -0.486 e. The number of aromatic amines is 1. The van der Waals surface area contributed by atoms with E-state index in [9.17, 15) is 13.5 Å². The standard InChI is InChI=1S/C19H22N6O6S/c20-32(27,28)31-8-10-6-11(7-13(10)26)23-18-15-19(22-9-21-18)25-17(24-15)12-2-1-3-14-16(12)30-5-4-29-14/h1-3,9-11,13,26H,4-8H2,(H2,20,27,28)(H2,21,22,23,24,25)/t10-,11+,13-/m0/s1. The van der Waals surface area contributed by atoms with E-state index >= 15 is 0 Å². The molecule has 0 saturated heterocycles. The van der Waals surface area contributed by atoms with Crippen LogP contribution in [0.25, 0.3) is 22.6 Å². The number of hydrogen-bond donors (Lipinski definition) is 4. The largest absolute Gasteiger partial charge is 0.486 e. The fourth-order valence-electron chi connectivity index (χ4n) is 4.10. The molecule has 12 nitrogen and oxygen atoms in total. The van der Waals surface area contributed by atoms with Gasteiger partial charge in [-0.3, -0.25) is 4.18 Å². The van der Waals surface area contributed by atoms with Gasteiger partial charge in [0, 0.05) is 12.0 Å². The number of fused-ring (bicyclic) bond motifs is 2. The first-order chi connectivity index (χ1) is 15.4. The molecule has 170 valence electrons. The summed E-state index contributed by atoms with van der Waals surface area (Å²) in [4.78, 5) is 16.4. The van der Waals surface area contributed by atoms with Gasteiger partial charge in [-0.2, -0.15) is 8.42 Å². The van der Waals surface area contributed by atoms with E-state index in [1.165, 1.54) is 6.33 Å². The number of nitrogens with one attached hydrogen (secondary N) is 2. The summed E-state index contributed by atoms with van der Waals surface area (Å²) in [5.74, 6) is 2.01.